The second-order valence-electron chi connectivity index (χ2n) is 2.82. The van der Waals surface area contributed by atoms with Crippen molar-refractivity contribution in [2.45, 2.75) is 6.92 Å². The first kappa shape index (κ1) is 11.3. The van der Waals surface area contributed by atoms with Gasteiger partial charge in [-0.25, -0.2) is 0 Å². The van der Waals surface area contributed by atoms with Crippen molar-refractivity contribution in [3.05, 3.63) is 38.4 Å². The molecule has 0 bridgehead atoms. The Morgan fingerprint density at radius 3 is 2.53 bits per heavy atom. The number of nitro benzene ring substituents is 1. The Morgan fingerprint density at radius 2 is 2.13 bits per heavy atom. The number of nitrogens with zero attached hydrogens (tertiary/aromatic N) is 1. The molecule has 0 fully saturated rings. The Hall–Kier alpha value is -1.75. The molecule has 0 aliphatic carbocycles. The first-order chi connectivity index (χ1) is 6.97. The minimum absolute atomic E-state index is 0.00614. The number of hydrogen-bond donors (Lipinski definition) is 0. The molecule has 0 unspecified atom stereocenters. The van der Waals surface area contributed by atoms with Gasteiger partial charge in [0.1, 0.15) is 0 Å². The molecule has 1 aromatic carbocycles. The summed E-state index contributed by atoms with van der Waals surface area (Å²) in [5, 5.41) is 10.6. The van der Waals surface area contributed by atoms with Gasteiger partial charge in [0.15, 0.2) is 12.1 Å². The quantitative estimate of drug-likeness (QED) is 0.343. The molecule has 0 radical (unpaired) electrons. The van der Waals surface area contributed by atoms with E-state index in [4.69, 9.17) is 11.6 Å². The first-order valence-electron chi connectivity index (χ1n) is 3.91. The van der Waals surface area contributed by atoms with Gasteiger partial charge in [-0.1, -0.05) is 11.6 Å². The molecule has 0 aliphatic rings. The molecule has 0 saturated carbocycles. The number of Topliss-reactive ketones (excluding diaryl/α,β-unsaturated/α-hetero) is 1. The minimum atomic E-state index is -0.722. The Kier molecular flexibility index (Phi) is 3.16. The van der Waals surface area contributed by atoms with Crippen LogP contribution in [0.25, 0.3) is 0 Å². The number of aldehydes is 1. The molecule has 78 valence electrons. The van der Waals surface area contributed by atoms with E-state index in [1.807, 2.05) is 0 Å². The third-order valence-electron chi connectivity index (χ3n) is 1.82. The molecule has 5 nitrogen and oxygen atoms in total. The predicted octanol–water partition coefficient (Wildman–Crippen LogP) is 2.26. The summed E-state index contributed by atoms with van der Waals surface area (Å²) in [6.45, 7) is 1.19. The van der Waals surface area contributed by atoms with Crippen LogP contribution >= 0.6 is 11.6 Å². The van der Waals surface area contributed by atoms with Crippen molar-refractivity contribution in [1.82, 2.24) is 0 Å². The van der Waals surface area contributed by atoms with Crippen LogP contribution in [0, 0.1) is 10.1 Å². The SMILES string of the molecule is CC(=O)c1cc(Cl)c(C=O)cc1[N+](=O)[O-]. The van der Waals surface area contributed by atoms with Gasteiger partial charge in [-0.15, -0.1) is 0 Å². The lowest BCUT2D eigenvalue weighted by molar-refractivity contribution is -0.385. The van der Waals surface area contributed by atoms with E-state index in [0.29, 0.717) is 6.29 Å². The molecule has 0 spiro atoms. The lowest BCUT2D eigenvalue weighted by Crippen LogP contribution is -2.01. The summed E-state index contributed by atoms with van der Waals surface area (Å²) in [6, 6.07) is 2.12. The van der Waals surface area contributed by atoms with Crippen LogP contribution in [0.4, 0.5) is 5.69 Å². The van der Waals surface area contributed by atoms with Crippen LogP contribution < -0.4 is 0 Å². The summed E-state index contributed by atoms with van der Waals surface area (Å²) in [5.74, 6) is -0.471. The maximum Gasteiger partial charge on any atom is 0.280 e. The number of carbonyl (C=O) groups is 2. The lowest BCUT2D eigenvalue weighted by Gasteiger charge is -2.01. The van der Waals surface area contributed by atoms with Gasteiger partial charge >= 0.3 is 0 Å². The Morgan fingerprint density at radius 1 is 1.53 bits per heavy atom. The number of hydrogen-bond acceptors (Lipinski definition) is 4. The number of halogens is 1. The van der Waals surface area contributed by atoms with Crippen molar-refractivity contribution in [3.8, 4) is 0 Å². The maximum absolute atomic E-state index is 11.1. The topological polar surface area (TPSA) is 77.3 Å². The van der Waals surface area contributed by atoms with E-state index >= 15 is 0 Å². The van der Waals surface area contributed by atoms with Gasteiger partial charge in [0.05, 0.1) is 15.5 Å². The third-order valence-corrected chi connectivity index (χ3v) is 2.15. The third kappa shape index (κ3) is 2.19. The van der Waals surface area contributed by atoms with Gasteiger partial charge < -0.3 is 0 Å². The molecule has 0 N–H and O–H groups in total. The van der Waals surface area contributed by atoms with Gasteiger partial charge in [0, 0.05) is 11.6 Å². The zero-order valence-corrected chi connectivity index (χ0v) is 8.45. The molecule has 0 amide bonds. The Balaban J connectivity index is 3.52. The molecule has 0 heterocycles. The van der Waals surface area contributed by atoms with E-state index in [-0.39, 0.29) is 16.1 Å². The summed E-state index contributed by atoms with van der Waals surface area (Å²) in [7, 11) is 0. The summed E-state index contributed by atoms with van der Waals surface area (Å²) in [4.78, 5) is 31.4. The minimum Gasteiger partial charge on any atom is -0.298 e. The molecule has 15 heavy (non-hydrogen) atoms. The number of benzene rings is 1. The van der Waals surface area contributed by atoms with Crippen LogP contribution in [0.15, 0.2) is 12.1 Å². The number of ketones is 1. The smallest absolute Gasteiger partial charge is 0.280 e. The summed E-state index contributed by atoms with van der Waals surface area (Å²) in [6.07, 6.45) is 0.402. The highest BCUT2D eigenvalue weighted by atomic mass is 35.5. The fourth-order valence-corrected chi connectivity index (χ4v) is 1.31. The highest BCUT2D eigenvalue weighted by Gasteiger charge is 2.20. The highest BCUT2D eigenvalue weighted by molar-refractivity contribution is 6.33. The van der Waals surface area contributed by atoms with Gasteiger partial charge in [0.25, 0.3) is 5.69 Å². The van der Waals surface area contributed by atoms with Crippen LogP contribution in [0.5, 0.6) is 0 Å². The Bertz CT molecular complexity index is 456. The van der Waals surface area contributed by atoms with E-state index in [9.17, 15) is 19.7 Å². The molecular formula is C9H6ClNO4. The van der Waals surface area contributed by atoms with E-state index in [2.05, 4.69) is 0 Å². The highest BCUT2D eigenvalue weighted by Crippen LogP contribution is 2.26. The fraction of sp³-hybridized carbons (Fsp3) is 0.111. The molecular weight excluding hydrogens is 222 g/mol. The zero-order chi connectivity index (χ0) is 11.6. The summed E-state index contributed by atoms with van der Waals surface area (Å²) < 4.78 is 0. The van der Waals surface area contributed by atoms with E-state index < -0.39 is 16.4 Å². The van der Waals surface area contributed by atoms with Crippen molar-refractivity contribution in [1.29, 1.82) is 0 Å². The van der Waals surface area contributed by atoms with E-state index in [0.717, 1.165) is 12.1 Å². The monoisotopic (exact) mass is 227 g/mol. The van der Waals surface area contributed by atoms with Crippen molar-refractivity contribution < 1.29 is 14.5 Å². The van der Waals surface area contributed by atoms with E-state index in [1.165, 1.54) is 6.92 Å². The molecule has 0 aliphatic heterocycles. The average molecular weight is 228 g/mol. The predicted molar refractivity (Wildman–Crippen MR) is 53.5 cm³/mol. The second-order valence-corrected chi connectivity index (χ2v) is 3.23. The standard InChI is InChI=1S/C9H6ClNO4/c1-5(13)7-3-8(10)6(4-12)2-9(7)11(14)15/h2-4H,1H3. The van der Waals surface area contributed by atoms with Crippen molar-refractivity contribution in [3.63, 3.8) is 0 Å². The average Bonchev–Trinajstić information content (AvgIpc) is 2.16. The van der Waals surface area contributed by atoms with Crippen molar-refractivity contribution >= 4 is 29.4 Å². The Labute approximate surface area is 89.8 Å². The van der Waals surface area contributed by atoms with Crippen LogP contribution in [-0.2, 0) is 0 Å². The number of carbonyl (C=O) groups excluding carboxylic acids is 2. The second kappa shape index (κ2) is 4.18. The fourth-order valence-electron chi connectivity index (χ4n) is 1.10. The summed E-state index contributed by atoms with van der Waals surface area (Å²) in [5.41, 5.74) is -0.516. The van der Waals surface area contributed by atoms with Gasteiger partial charge in [-0.05, 0) is 13.0 Å². The number of nitro groups is 1. The van der Waals surface area contributed by atoms with Crippen LogP contribution in [0.2, 0.25) is 5.02 Å². The lowest BCUT2D eigenvalue weighted by atomic mass is 10.1. The molecule has 6 heteroatoms. The van der Waals surface area contributed by atoms with E-state index in [1.54, 1.807) is 0 Å². The zero-order valence-electron chi connectivity index (χ0n) is 7.69. The van der Waals surface area contributed by atoms with Crippen LogP contribution in [-0.4, -0.2) is 17.0 Å². The van der Waals surface area contributed by atoms with Crippen molar-refractivity contribution in [2.75, 3.05) is 0 Å². The van der Waals surface area contributed by atoms with Crippen molar-refractivity contribution in [2.24, 2.45) is 0 Å². The van der Waals surface area contributed by atoms with Gasteiger partial charge in [0.2, 0.25) is 0 Å². The molecule has 1 aromatic rings. The van der Waals surface area contributed by atoms with Crippen LogP contribution in [0.3, 0.4) is 0 Å². The normalized spacial score (nSPS) is 9.73. The number of rotatable bonds is 3. The molecule has 1 rings (SSSR count). The first-order valence-corrected chi connectivity index (χ1v) is 4.29. The molecule has 0 saturated heterocycles. The molecule has 0 atom stereocenters. The largest absolute Gasteiger partial charge is 0.298 e. The molecule has 0 aromatic heterocycles. The maximum atomic E-state index is 11.1. The summed E-state index contributed by atoms with van der Waals surface area (Å²) >= 11 is 5.64. The van der Waals surface area contributed by atoms with Gasteiger partial charge in [-0.2, -0.15) is 0 Å². The van der Waals surface area contributed by atoms with Crippen LogP contribution in [0.1, 0.15) is 27.6 Å². The van der Waals surface area contributed by atoms with Gasteiger partial charge in [-0.3, -0.25) is 19.7 Å².